The van der Waals surface area contributed by atoms with E-state index in [4.69, 9.17) is 14.2 Å². The maximum Gasteiger partial charge on any atom is 0.410 e. The summed E-state index contributed by atoms with van der Waals surface area (Å²) in [7, 11) is 0. The molecule has 3 fully saturated rings. The third kappa shape index (κ3) is 8.00. The number of carbonyl (C=O) groups excluding carboxylic acids is 4. The van der Waals surface area contributed by atoms with Crippen LogP contribution in [0.3, 0.4) is 0 Å². The van der Waals surface area contributed by atoms with E-state index in [-0.39, 0.29) is 25.3 Å². The van der Waals surface area contributed by atoms with Gasteiger partial charge in [-0.1, -0.05) is 31.1 Å². The van der Waals surface area contributed by atoms with E-state index in [9.17, 15) is 29.1 Å². The number of carboxylic acids is 1. The first kappa shape index (κ1) is 35.5. The van der Waals surface area contributed by atoms with Crippen molar-refractivity contribution in [2.24, 2.45) is 5.92 Å². The Morgan fingerprint density at radius 3 is 2.56 bits per heavy atom. The molecule has 1 aromatic carbocycles. The summed E-state index contributed by atoms with van der Waals surface area (Å²) in [6.45, 7) is 8.77. The van der Waals surface area contributed by atoms with Crippen LogP contribution in [0.25, 0.3) is 0 Å². The third-order valence-corrected chi connectivity index (χ3v) is 10.1. The van der Waals surface area contributed by atoms with Gasteiger partial charge in [0, 0.05) is 44.2 Å². The fraction of sp³-hybridized carbons (Fsp3) is 0.639. The van der Waals surface area contributed by atoms with Gasteiger partial charge in [0.25, 0.3) is 0 Å². The minimum Gasteiger partial charge on any atom is -0.479 e. The molecule has 5 aliphatic rings. The molecule has 5 atom stereocenters. The number of aliphatic carboxylic acids is 1. The van der Waals surface area contributed by atoms with Gasteiger partial charge in [-0.25, -0.2) is 14.4 Å². The minimum atomic E-state index is -1.47. The Kier molecular flexibility index (Phi) is 10.3. The first-order chi connectivity index (χ1) is 23.8. The van der Waals surface area contributed by atoms with Gasteiger partial charge in [0.2, 0.25) is 11.8 Å². The molecule has 6 rings (SSSR count). The van der Waals surface area contributed by atoms with E-state index in [0.717, 1.165) is 49.2 Å². The zero-order valence-corrected chi connectivity index (χ0v) is 29.2. The maximum atomic E-state index is 14.2. The van der Waals surface area contributed by atoms with Crippen molar-refractivity contribution in [1.82, 2.24) is 20.4 Å². The lowest BCUT2D eigenvalue weighted by Crippen LogP contribution is -2.56. The van der Waals surface area contributed by atoms with Crippen molar-refractivity contribution in [3.05, 3.63) is 41.5 Å². The molecule has 1 aliphatic carbocycles. The number of hydrogen-bond acceptors (Lipinski definition) is 9. The molecule has 4 amide bonds. The molecular weight excluding hydrogens is 646 g/mol. The topological polar surface area (TPSA) is 167 Å². The van der Waals surface area contributed by atoms with Crippen LogP contribution < -0.4 is 15.5 Å². The molecule has 4 aliphatic heterocycles. The summed E-state index contributed by atoms with van der Waals surface area (Å²) in [5, 5.41) is 15.6. The molecule has 0 bridgehead atoms. The van der Waals surface area contributed by atoms with Crippen LogP contribution in [-0.2, 0) is 41.7 Å². The van der Waals surface area contributed by atoms with Crippen molar-refractivity contribution in [1.29, 1.82) is 0 Å². The number of fused-ring (bicyclic) bond motifs is 3. The van der Waals surface area contributed by atoms with Crippen molar-refractivity contribution in [3.63, 3.8) is 0 Å². The van der Waals surface area contributed by atoms with Crippen LogP contribution >= 0.6 is 0 Å². The Morgan fingerprint density at radius 1 is 1.06 bits per heavy atom. The van der Waals surface area contributed by atoms with Crippen LogP contribution in [0, 0.1) is 5.92 Å². The van der Waals surface area contributed by atoms with Crippen LogP contribution in [0.15, 0.2) is 30.4 Å². The van der Waals surface area contributed by atoms with Gasteiger partial charge in [-0.15, -0.1) is 0 Å². The van der Waals surface area contributed by atoms with E-state index < -0.39 is 59.3 Å². The summed E-state index contributed by atoms with van der Waals surface area (Å²) in [6, 6.07) is 4.07. The van der Waals surface area contributed by atoms with E-state index in [2.05, 4.69) is 27.7 Å². The average Bonchev–Trinajstić information content (AvgIpc) is 3.37. The number of alkyl carbamates (subject to hydrolysis) is 1. The summed E-state index contributed by atoms with van der Waals surface area (Å²) in [6.07, 6.45) is 5.17. The zero-order chi connectivity index (χ0) is 35.6. The van der Waals surface area contributed by atoms with E-state index in [0.29, 0.717) is 39.1 Å². The molecule has 4 heterocycles. The first-order valence-corrected chi connectivity index (χ1v) is 17.7. The van der Waals surface area contributed by atoms with Crippen LogP contribution in [0.1, 0.15) is 76.8 Å². The highest BCUT2D eigenvalue weighted by molar-refractivity contribution is 5.96. The number of anilines is 1. The average molecular weight is 696 g/mol. The standard InChI is InChI=1S/C36H49N5O9/c1-35(2,3)50-33(46)37-28-10-8-6-4-5-7-9-25-19-36(25,32(44)45)38-30(42)29-18-27(22-41(29)31(28)43)49-34(47)40-20-23-11-12-26(17-24(23)21-40)39-13-15-48-16-14-39/h7,9,11-12,17,25,27-29H,4-6,8,10,13-16,18-22H2,1-3H3,(H,37,46)(H,38,42)(H,44,45)/b9-7-/t25-,27-,28+,29+,36-/m1/s1. The number of rotatable bonds is 4. The summed E-state index contributed by atoms with van der Waals surface area (Å²) in [5.74, 6) is -2.65. The van der Waals surface area contributed by atoms with Crippen LogP contribution in [0.4, 0.5) is 15.3 Å². The molecule has 1 saturated carbocycles. The summed E-state index contributed by atoms with van der Waals surface area (Å²) in [4.78, 5) is 72.0. The summed E-state index contributed by atoms with van der Waals surface area (Å²) < 4.78 is 16.9. The number of allylic oxidation sites excluding steroid dienone is 1. The Morgan fingerprint density at radius 2 is 1.82 bits per heavy atom. The van der Waals surface area contributed by atoms with E-state index in [1.165, 1.54) is 4.90 Å². The molecule has 3 N–H and O–H groups in total. The van der Waals surface area contributed by atoms with E-state index in [1.807, 2.05) is 18.2 Å². The Labute approximate surface area is 292 Å². The summed E-state index contributed by atoms with van der Waals surface area (Å²) >= 11 is 0. The van der Waals surface area contributed by atoms with Gasteiger partial charge in [-0.3, -0.25) is 14.5 Å². The first-order valence-electron chi connectivity index (χ1n) is 17.7. The second kappa shape index (κ2) is 14.5. The largest absolute Gasteiger partial charge is 0.479 e. The van der Waals surface area contributed by atoms with Gasteiger partial charge in [0.15, 0.2) is 0 Å². The van der Waals surface area contributed by atoms with E-state index >= 15 is 0 Å². The third-order valence-electron chi connectivity index (χ3n) is 10.1. The number of hydrogen-bond donors (Lipinski definition) is 3. The number of ether oxygens (including phenoxy) is 3. The maximum absolute atomic E-state index is 14.2. The number of carboxylic acid groups (broad SMARTS) is 1. The van der Waals surface area contributed by atoms with Gasteiger partial charge in [-0.05, 0) is 69.7 Å². The fourth-order valence-electron chi connectivity index (χ4n) is 7.34. The quantitative estimate of drug-likeness (QED) is 0.398. The normalized spacial score (nSPS) is 29.4. The lowest BCUT2D eigenvalue weighted by Gasteiger charge is -2.30. The Bertz CT molecular complexity index is 1520. The molecule has 14 heteroatoms. The number of carbonyl (C=O) groups is 5. The lowest BCUT2D eigenvalue weighted by molar-refractivity contribution is -0.145. The number of nitrogens with zero attached hydrogens (tertiary/aromatic N) is 3. The lowest BCUT2D eigenvalue weighted by atomic mass is 10.0. The summed E-state index contributed by atoms with van der Waals surface area (Å²) in [5.41, 5.74) is 0.875. The molecule has 2 saturated heterocycles. The highest BCUT2D eigenvalue weighted by Gasteiger charge is 2.61. The van der Waals surface area contributed by atoms with Crippen LogP contribution in [-0.4, -0.2) is 107 Å². The van der Waals surface area contributed by atoms with Crippen molar-refractivity contribution in [2.45, 2.75) is 108 Å². The fourth-order valence-corrected chi connectivity index (χ4v) is 7.34. The predicted molar refractivity (Wildman–Crippen MR) is 181 cm³/mol. The number of morpholine rings is 1. The smallest absolute Gasteiger partial charge is 0.410 e. The molecule has 1 aromatic rings. The second-order valence-electron chi connectivity index (χ2n) is 15.0. The SMILES string of the molecule is CC(C)(C)OC(=O)N[C@H]1CCCCC/C=C\[C@@H]2C[C@@]2(C(=O)O)NC(=O)[C@@H]2C[C@@H](OC(=O)N3Cc4ccc(N5CCOCC5)cc4C3)CN2C1=O. The van der Waals surface area contributed by atoms with Crippen molar-refractivity contribution < 1.29 is 43.3 Å². The van der Waals surface area contributed by atoms with Gasteiger partial charge in [-0.2, -0.15) is 0 Å². The Balaban J connectivity index is 1.18. The molecule has 272 valence electrons. The van der Waals surface area contributed by atoms with Gasteiger partial charge in [0.1, 0.15) is 29.3 Å². The minimum absolute atomic E-state index is 0.0133. The molecule has 0 spiro atoms. The van der Waals surface area contributed by atoms with Crippen molar-refractivity contribution >= 4 is 35.7 Å². The molecule has 0 unspecified atom stereocenters. The van der Waals surface area contributed by atoms with Crippen LogP contribution in [0.5, 0.6) is 0 Å². The van der Waals surface area contributed by atoms with Crippen molar-refractivity contribution in [3.8, 4) is 0 Å². The highest BCUT2D eigenvalue weighted by atomic mass is 16.6. The van der Waals surface area contributed by atoms with Gasteiger partial charge >= 0.3 is 18.2 Å². The molecular formula is C36H49N5O9. The predicted octanol–water partition coefficient (Wildman–Crippen LogP) is 3.32. The molecule has 14 nitrogen and oxygen atoms in total. The number of benzene rings is 1. The van der Waals surface area contributed by atoms with Crippen molar-refractivity contribution in [2.75, 3.05) is 37.7 Å². The second-order valence-corrected chi connectivity index (χ2v) is 15.0. The number of nitrogens with one attached hydrogen (secondary N) is 2. The van der Waals surface area contributed by atoms with E-state index in [1.54, 1.807) is 25.7 Å². The highest BCUT2D eigenvalue weighted by Crippen LogP contribution is 2.45. The molecule has 0 radical (unpaired) electrons. The monoisotopic (exact) mass is 695 g/mol. The van der Waals surface area contributed by atoms with Crippen LogP contribution in [0.2, 0.25) is 0 Å². The molecule has 0 aromatic heterocycles. The zero-order valence-electron chi connectivity index (χ0n) is 29.2. The Hall–Kier alpha value is -4.33. The van der Waals surface area contributed by atoms with Gasteiger partial charge in [0.05, 0.1) is 19.8 Å². The number of amides is 4. The van der Waals surface area contributed by atoms with Gasteiger partial charge < -0.3 is 39.8 Å². The molecule has 50 heavy (non-hydrogen) atoms.